The van der Waals surface area contributed by atoms with Crippen LogP contribution in [0.25, 0.3) is 11.3 Å². The Labute approximate surface area is 157 Å². The minimum atomic E-state index is -0.486. The van der Waals surface area contributed by atoms with Crippen molar-refractivity contribution in [1.29, 1.82) is 0 Å². The molecule has 0 unspecified atom stereocenters. The summed E-state index contributed by atoms with van der Waals surface area (Å²) in [6.07, 6.45) is 3.17. The van der Waals surface area contributed by atoms with Gasteiger partial charge in [0, 0.05) is 30.8 Å². The standard InChI is InChI=1S/C19H23ClFN3O2/c1-19(2,3)26-18(25)24-8-6-12(7-9-24)17-22-11-16(23-17)13-4-5-15(21)14(20)10-13/h4-5,10-12H,6-9H2,1-3H3,(H,22,23). The smallest absolute Gasteiger partial charge is 0.410 e. The molecule has 26 heavy (non-hydrogen) atoms. The molecule has 1 aromatic carbocycles. The van der Waals surface area contributed by atoms with Gasteiger partial charge in [-0.2, -0.15) is 0 Å². The highest BCUT2D eigenvalue weighted by Gasteiger charge is 2.28. The number of likely N-dealkylation sites (tertiary alicyclic amines) is 1. The monoisotopic (exact) mass is 379 g/mol. The van der Waals surface area contributed by atoms with Crippen LogP contribution in [-0.4, -0.2) is 39.7 Å². The largest absolute Gasteiger partial charge is 0.444 e. The van der Waals surface area contributed by atoms with Gasteiger partial charge in [-0.05, 0) is 51.8 Å². The zero-order valence-electron chi connectivity index (χ0n) is 15.2. The second-order valence-electron chi connectivity index (χ2n) is 7.54. The number of benzene rings is 1. The molecule has 1 N–H and O–H groups in total. The highest BCUT2D eigenvalue weighted by atomic mass is 35.5. The number of H-pyrrole nitrogens is 1. The van der Waals surface area contributed by atoms with E-state index in [1.54, 1.807) is 23.2 Å². The van der Waals surface area contributed by atoms with Gasteiger partial charge >= 0.3 is 6.09 Å². The van der Waals surface area contributed by atoms with Crippen LogP contribution in [0, 0.1) is 5.82 Å². The number of piperidine rings is 1. The van der Waals surface area contributed by atoms with Crippen molar-refractivity contribution < 1.29 is 13.9 Å². The number of aromatic nitrogens is 2. The Morgan fingerprint density at radius 3 is 2.65 bits per heavy atom. The number of imidazole rings is 1. The van der Waals surface area contributed by atoms with Crippen LogP contribution in [0.4, 0.5) is 9.18 Å². The van der Waals surface area contributed by atoms with Gasteiger partial charge in [0.15, 0.2) is 0 Å². The van der Waals surface area contributed by atoms with Gasteiger partial charge in [-0.25, -0.2) is 14.2 Å². The second kappa shape index (κ2) is 7.27. The quantitative estimate of drug-likeness (QED) is 0.800. The SMILES string of the molecule is CC(C)(C)OC(=O)N1CCC(c2nc(-c3ccc(F)c(Cl)c3)c[nH]2)CC1. The first-order valence-electron chi connectivity index (χ1n) is 8.71. The van der Waals surface area contributed by atoms with Crippen molar-refractivity contribution in [2.45, 2.75) is 45.1 Å². The van der Waals surface area contributed by atoms with E-state index in [4.69, 9.17) is 16.3 Å². The van der Waals surface area contributed by atoms with Gasteiger partial charge in [-0.1, -0.05) is 11.6 Å². The third-order valence-corrected chi connectivity index (χ3v) is 4.64. The fourth-order valence-corrected chi connectivity index (χ4v) is 3.19. The molecule has 2 heterocycles. The van der Waals surface area contributed by atoms with E-state index in [0.29, 0.717) is 13.1 Å². The molecular formula is C19H23ClFN3O2. The molecule has 2 aromatic rings. The molecule has 0 saturated carbocycles. The van der Waals surface area contributed by atoms with Crippen LogP contribution in [0.2, 0.25) is 5.02 Å². The average molecular weight is 380 g/mol. The Balaban J connectivity index is 1.63. The van der Waals surface area contributed by atoms with Gasteiger partial charge in [0.1, 0.15) is 17.2 Å². The van der Waals surface area contributed by atoms with E-state index in [-0.39, 0.29) is 17.0 Å². The molecule has 5 nitrogen and oxygen atoms in total. The molecule has 1 saturated heterocycles. The first kappa shape index (κ1) is 18.7. The molecule has 0 radical (unpaired) electrons. The maximum atomic E-state index is 13.3. The molecule has 3 rings (SSSR count). The predicted molar refractivity (Wildman–Crippen MR) is 98.8 cm³/mol. The first-order valence-corrected chi connectivity index (χ1v) is 9.09. The summed E-state index contributed by atoms with van der Waals surface area (Å²) in [7, 11) is 0. The lowest BCUT2D eigenvalue weighted by Crippen LogP contribution is -2.41. The summed E-state index contributed by atoms with van der Waals surface area (Å²) in [6, 6.07) is 4.57. The zero-order chi connectivity index (χ0) is 18.9. The topological polar surface area (TPSA) is 58.2 Å². The van der Waals surface area contributed by atoms with Gasteiger partial charge in [-0.3, -0.25) is 0 Å². The van der Waals surface area contributed by atoms with Crippen molar-refractivity contribution in [1.82, 2.24) is 14.9 Å². The van der Waals surface area contributed by atoms with E-state index in [2.05, 4.69) is 9.97 Å². The van der Waals surface area contributed by atoms with Crippen molar-refractivity contribution in [3.63, 3.8) is 0 Å². The summed E-state index contributed by atoms with van der Waals surface area (Å²) < 4.78 is 18.7. The summed E-state index contributed by atoms with van der Waals surface area (Å²) in [6.45, 7) is 6.87. The summed E-state index contributed by atoms with van der Waals surface area (Å²) in [4.78, 5) is 21.7. The molecule has 1 amide bonds. The lowest BCUT2D eigenvalue weighted by molar-refractivity contribution is 0.0203. The summed E-state index contributed by atoms with van der Waals surface area (Å²) >= 11 is 5.85. The van der Waals surface area contributed by atoms with E-state index in [1.807, 2.05) is 20.8 Å². The minimum Gasteiger partial charge on any atom is -0.444 e. The summed E-state index contributed by atoms with van der Waals surface area (Å²) in [5, 5.41) is 0.0812. The van der Waals surface area contributed by atoms with Crippen LogP contribution in [0.3, 0.4) is 0 Å². The molecule has 0 aliphatic carbocycles. The van der Waals surface area contributed by atoms with Crippen LogP contribution < -0.4 is 0 Å². The van der Waals surface area contributed by atoms with Crippen LogP contribution in [0.5, 0.6) is 0 Å². The van der Waals surface area contributed by atoms with E-state index in [0.717, 1.165) is 29.9 Å². The third kappa shape index (κ3) is 4.36. The van der Waals surface area contributed by atoms with Gasteiger partial charge < -0.3 is 14.6 Å². The number of hydrogen-bond acceptors (Lipinski definition) is 3. The highest BCUT2D eigenvalue weighted by Crippen LogP contribution is 2.29. The van der Waals surface area contributed by atoms with Crippen molar-refractivity contribution >= 4 is 17.7 Å². The molecule has 1 aliphatic rings. The molecule has 0 atom stereocenters. The Morgan fingerprint density at radius 2 is 2.04 bits per heavy atom. The van der Waals surface area contributed by atoms with Crippen molar-refractivity contribution in [3.05, 3.63) is 41.1 Å². The molecular weight excluding hydrogens is 357 g/mol. The van der Waals surface area contributed by atoms with Gasteiger partial charge in [0.2, 0.25) is 0 Å². The van der Waals surface area contributed by atoms with Gasteiger partial charge in [0.05, 0.1) is 10.7 Å². The lowest BCUT2D eigenvalue weighted by Gasteiger charge is -2.32. The lowest BCUT2D eigenvalue weighted by atomic mass is 9.96. The highest BCUT2D eigenvalue weighted by molar-refractivity contribution is 6.31. The Morgan fingerprint density at radius 1 is 1.35 bits per heavy atom. The van der Waals surface area contributed by atoms with Crippen LogP contribution in [-0.2, 0) is 4.74 Å². The summed E-state index contributed by atoms with van der Waals surface area (Å²) in [5.41, 5.74) is 1.02. The number of ether oxygens (including phenoxy) is 1. The Bertz CT molecular complexity index is 792. The number of amides is 1. The number of hydrogen-bond donors (Lipinski definition) is 1. The first-order chi connectivity index (χ1) is 12.2. The molecule has 0 bridgehead atoms. The minimum absolute atomic E-state index is 0.0812. The van der Waals surface area contributed by atoms with E-state index >= 15 is 0 Å². The van der Waals surface area contributed by atoms with E-state index in [1.165, 1.54) is 6.07 Å². The maximum absolute atomic E-state index is 13.3. The second-order valence-corrected chi connectivity index (χ2v) is 7.95. The Hall–Kier alpha value is -2.08. The van der Waals surface area contributed by atoms with Crippen molar-refractivity contribution in [3.8, 4) is 11.3 Å². The van der Waals surface area contributed by atoms with Gasteiger partial charge in [-0.15, -0.1) is 0 Å². The third-order valence-electron chi connectivity index (χ3n) is 4.35. The Kier molecular flexibility index (Phi) is 5.23. The van der Waals surface area contributed by atoms with Gasteiger partial charge in [0.25, 0.3) is 0 Å². The molecule has 140 valence electrons. The van der Waals surface area contributed by atoms with Crippen LogP contribution in [0.1, 0.15) is 45.4 Å². The number of halogens is 2. The zero-order valence-corrected chi connectivity index (χ0v) is 15.9. The number of rotatable bonds is 2. The molecule has 0 spiro atoms. The number of nitrogens with zero attached hydrogens (tertiary/aromatic N) is 2. The fourth-order valence-electron chi connectivity index (χ4n) is 3.01. The molecule has 1 fully saturated rings. The number of nitrogens with one attached hydrogen (secondary N) is 1. The predicted octanol–water partition coefficient (Wildman–Crippen LogP) is 4.98. The van der Waals surface area contributed by atoms with E-state index < -0.39 is 11.4 Å². The number of carbonyl (C=O) groups is 1. The van der Waals surface area contributed by atoms with Crippen LogP contribution >= 0.6 is 11.6 Å². The summed E-state index contributed by atoms with van der Waals surface area (Å²) in [5.74, 6) is 0.684. The molecule has 7 heteroatoms. The average Bonchev–Trinajstić information content (AvgIpc) is 3.06. The molecule has 1 aliphatic heterocycles. The van der Waals surface area contributed by atoms with E-state index in [9.17, 15) is 9.18 Å². The van der Waals surface area contributed by atoms with Crippen molar-refractivity contribution in [2.75, 3.05) is 13.1 Å². The fraction of sp³-hybridized carbons (Fsp3) is 0.474. The maximum Gasteiger partial charge on any atom is 0.410 e. The number of carbonyl (C=O) groups excluding carboxylic acids is 1. The molecule has 1 aromatic heterocycles. The normalized spacial score (nSPS) is 16.0. The van der Waals surface area contributed by atoms with Crippen LogP contribution in [0.15, 0.2) is 24.4 Å². The number of aromatic amines is 1. The van der Waals surface area contributed by atoms with Crippen molar-refractivity contribution in [2.24, 2.45) is 0 Å².